The van der Waals surface area contributed by atoms with Crippen LogP contribution in [0.25, 0.3) is 0 Å². The molecule has 3 aromatic rings. The highest BCUT2D eigenvalue weighted by atomic mass is 28.4. The lowest BCUT2D eigenvalue weighted by molar-refractivity contribution is -0.385. The average molecular weight is 608 g/mol. The van der Waals surface area contributed by atoms with Gasteiger partial charge >= 0.3 is 0 Å². The van der Waals surface area contributed by atoms with E-state index in [-0.39, 0.29) is 31.2 Å². The van der Waals surface area contributed by atoms with E-state index in [9.17, 15) is 24.8 Å². The van der Waals surface area contributed by atoms with Gasteiger partial charge in [0.15, 0.2) is 5.60 Å². The Kier molecular flexibility index (Phi) is 8.12. The number of halogens is 1. The first-order valence-electron chi connectivity index (χ1n) is 14.0. The summed E-state index contributed by atoms with van der Waals surface area (Å²) in [6.45, 7) is 4.70. The van der Waals surface area contributed by atoms with E-state index < -0.39 is 42.4 Å². The number of benzene rings is 3. The molecule has 0 aliphatic carbocycles. The Morgan fingerprint density at radius 3 is 2.53 bits per heavy atom. The second-order valence-corrected chi connectivity index (χ2v) is 15.3. The van der Waals surface area contributed by atoms with Gasteiger partial charge in [-0.1, -0.05) is 19.1 Å². The molecule has 0 unspecified atom stereocenters. The Labute approximate surface area is 249 Å². The molecule has 0 aromatic heterocycles. The van der Waals surface area contributed by atoms with Crippen LogP contribution in [0.5, 0.6) is 5.75 Å². The predicted molar refractivity (Wildman–Crippen MR) is 161 cm³/mol. The van der Waals surface area contributed by atoms with Gasteiger partial charge in [0.25, 0.3) is 17.5 Å². The molecule has 2 heterocycles. The van der Waals surface area contributed by atoms with Crippen LogP contribution in [0.1, 0.15) is 34.8 Å². The smallest absolute Gasteiger partial charge is 0.269 e. The zero-order valence-electron chi connectivity index (χ0n) is 24.4. The quantitative estimate of drug-likeness (QED) is 0.141. The summed E-state index contributed by atoms with van der Waals surface area (Å²) in [6, 6.07) is 17.9. The summed E-state index contributed by atoms with van der Waals surface area (Å²) in [5.74, 6) is -0.763. The summed E-state index contributed by atoms with van der Waals surface area (Å²) in [4.78, 5) is 39.9. The van der Waals surface area contributed by atoms with Gasteiger partial charge in [-0.2, -0.15) is 0 Å². The normalized spacial score (nSPS) is 23.0. The zero-order chi connectivity index (χ0) is 31.1. The number of ether oxygens (including phenoxy) is 2. The molecule has 2 N–H and O–H groups in total. The lowest BCUT2D eigenvalue weighted by atomic mass is 9.82. The summed E-state index contributed by atoms with van der Waals surface area (Å²) in [5.41, 5.74) is -0.0415. The first kappa shape index (κ1) is 30.3. The molecular formula is C31H34FN3O7Si. The Morgan fingerprint density at radius 1 is 1.19 bits per heavy atom. The number of nitrogens with zero attached hydrogens (tertiary/aromatic N) is 2. The molecule has 43 heavy (non-hydrogen) atoms. The lowest BCUT2D eigenvalue weighted by Gasteiger charge is -2.31. The molecule has 0 saturated carbocycles. The van der Waals surface area contributed by atoms with Gasteiger partial charge in [-0.05, 0) is 67.5 Å². The zero-order valence-corrected chi connectivity index (χ0v) is 25.4. The van der Waals surface area contributed by atoms with E-state index >= 15 is 4.11 Å². The van der Waals surface area contributed by atoms with Crippen LogP contribution in [0.15, 0.2) is 66.7 Å². The second kappa shape index (κ2) is 11.5. The van der Waals surface area contributed by atoms with Crippen LogP contribution in [-0.2, 0) is 21.7 Å². The van der Waals surface area contributed by atoms with Gasteiger partial charge in [0.1, 0.15) is 5.75 Å². The van der Waals surface area contributed by atoms with Crippen LogP contribution >= 0.6 is 0 Å². The molecule has 1 fully saturated rings. The maximum atomic E-state index is 15.7. The van der Waals surface area contributed by atoms with Crippen molar-refractivity contribution in [3.8, 4) is 5.75 Å². The van der Waals surface area contributed by atoms with Gasteiger partial charge in [0.05, 0.1) is 30.4 Å². The molecule has 0 radical (unpaired) electrons. The summed E-state index contributed by atoms with van der Waals surface area (Å²) in [6.07, 6.45) is -0.580. The number of nitrogens with one attached hydrogen (secondary N) is 1. The average Bonchev–Trinajstić information content (AvgIpc) is 3.39. The summed E-state index contributed by atoms with van der Waals surface area (Å²) in [5, 5.41) is 24.3. The number of non-ortho nitro benzene ring substituents is 1. The number of amides is 2. The van der Waals surface area contributed by atoms with Gasteiger partial charge in [-0.3, -0.25) is 19.7 Å². The number of anilines is 2. The van der Waals surface area contributed by atoms with E-state index in [1.165, 1.54) is 23.1 Å². The largest absolute Gasteiger partial charge is 0.497 e. The van der Waals surface area contributed by atoms with Crippen molar-refractivity contribution in [2.24, 2.45) is 5.92 Å². The van der Waals surface area contributed by atoms with Gasteiger partial charge in [0, 0.05) is 47.0 Å². The van der Waals surface area contributed by atoms with Crippen LogP contribution < -0.4 is 15.0 Å². The van der Waals surface area contributed by atoms with E-state index in [1.807, 2.05) is 0 Å². The minimum absolute atomic E-state index is 0.0828. The number of fused-ring (bicyclic) bond motifs is 2. The fraction of sp³-hybridized carbons (Fsp3) is 0.355. The molecule has 226 valence electrons. The maximum Gasteiger partial charge on any atom is 0.269 e. The highest BCUT2D eigenvalue weighted by Crippen LogP contribution is 2.60. The highest BCUT2D eigenvalue weighted by Gasteiger charge is 2.66. The number of nitro benzene ring substituents is 1. The van der Waals surface area contributed by atoms with Crippen molar-refractivity contribution >= 4 is 37.3 Å². The van der Waals surface area contributed by atoms with Crippen molar-refractivity contribution in [1.82, 2.24) is 0 Å². The van der Waals surface area contributed by atoms with E-state index in [0.29, 0.717) is 33.8 Å². The summed E-state index contributed by atoms with van der Waals surface area (Å²) in [7, 11) is -1.86. The highest BCUT2D eigenvalue weighted by molar-refractivity contribution is 6.72. The van der Waals surface area contributed by atoms with Crippen LogP contribution in [-0.4, -0.2) is 50.1 Å². The molecule has 2 amide bonds. The van der Waals surface area contributed by atoms with Crippen LogP contribution in [0, 0.1) is 16.0 Å². The monoisotopic (exact) mass is 607 g/mol. The third-order valence-corrected chi connectivity index (χ3v) is 10.9. The van der Waals surface area contributed by atoms with Crippen LogP contribution in [0.4, 0.5) is 21.2 Å². The number of hydrogen-bond donors (Lipinski definition) is 2. The molecule has 1 saturated heterocycles. The van der Waals surface area contributed by atoms with E-state index in [1.54, 1.807) is 75.7 Å². The third-order valence-electron chi connectivity index (χ3n) is 8.45. The van der Waals surface area contributed by atoms with E-state index in [0.717, 1.165) is 0 Å². The van der Waals surface area contributed by atoms with Gasteiger partial charge in [-0.25, -0.2) is 0 Å². The number of carbonyl (C=O) groups is 2. The Hall–Kier alpha value is -4.13. The van der Waals surface area contributed by atoms with Crippen molar-refractivity contribution in [3.05, 3.63) is 93.5 Å². The molecule has 12 heteroatoms. The third kappa shape index (κ3) is 5.41. The molecule has 5 rings (SSSR count). The molecule has 2 aliphatic rings. The molecular weight excluding hydrogens is 573 g/mol. The van der Waals surface area contributed by atoms with E-state index in [4.69, 9.17) is 9.47 Å². The molecule has 3 aromatic carbocycles. The number of carbonyl (C=O) groups excluding carboxylic acids is 2. The topological polar surface area (TPSA) is 131 Å². The predicted octanol–water partition coefficient (Wildman–Crippen LogP) is 5.56. The van der Waals surface area contributed by atoms with Crippen molar-refractivity contribution in [2.75, 3.05) is 23.9 Å². The van der Waals surface area contributed by atoms with Crippen LogP contribution in [0.2, 0.25) is 18.6 Å². The first-order valence-corrected chi connectivity index (χ1v) is 17.0. The number of aliphatic hydroxyl groups excluding tert-OH is 1. The lowest BCUT2D eigenvalue weighted by Crippen LogP contribution is -2.45. The second-order valence-electron chi connectivity index (χ2n) is 11.5. The minimum atomic E-state index is -3.41. The molecule has 1 spiro atoms. The van der Waals surface area contributed by atoms with E-state index in [2.05, 4.69) is 5.32 Å². The minimum Gasteiger partial charge on any atom is -0.497 e. The van der Waals surface area contributed by atoms with Gasteiger partial charge in [-0.15, -0.1) is 0 Å². The molecule has 0 bridgehead atoms. The molecule has 4 atom stereocenters. The number of hydrogen-bond acceptors (Lipinski definition) is 7. The fourth-order valence-electron chi connectivity index (χ4n) is 6.58. The molecule has 2 aliphatic heterocycles. The Morgan fingerprint density at radius 2 is 1.91 bits per heavy atom. The SMILES string of the molecule is COc1ccc(C(=O)Nc2cccc(CN3C(=O)[C@]4(O[C@H](CCO)[C@@H]([Si](C)(C)F)[C@@H]4C)c4cc([N+](=O)[O-])ccc43)c2)cc1. The Bertz CT molecular complexity index is 1560. The van der Waals surface area contributed by atoms with Crippen LogP contribution in [0.3, 0.4) is 0 Å². The number of aliphatic hydroxyl groups is 1. The number of methoxy groups -OCH3 is 1. The van der Waals surface area contributed by atoms with Gasteiger partial charge in [0.2, 0.25) is 8.41 Å². The van der Waals surface area contributed by atoms with Crippen molar-refractivity contribution in [3.63, 3.8) is 0 Å². The standard InChI is InChI=1S/C31H34FN3O7Si/c1-19-28(43(3,4)32)27(14-15-36)42-31(19)25-17-23(35(39)40)10-13-26(25)34(30(31)38)18-20-6-5-7-22(16-20)33-29(37)21-8-11-24(41-2)12-9-21/h5-13,16-17,19,27-28,36H,14-15,18H2,1-4H3,(H,33,37)/t19-,27+,28-,31+/m0/s1. The molecule has 10 nitrogen and oxygen atoms in total. The first-order chi connectivity index (χ1) is 20.4. The number of nitro groups is 1. The van der Waals surface area contributed by atoms with Gasteiger partial charge < -0.3 is 28.9 Å². The van der Waals surface area contributed by atoms with Crippen molar-refractivity contribution in [2.45, 2.75) is 50.2 Å². The summed E-state index contributed by atoms with van der Waals surface area (Å²) < 4.78 is 27.3. The Balaban J connectivity index is 1.49. The van der Waals surface area contributed by atoms with Crippen molar-refractivity contribution in [1.29, 1.82) is 0 Å². The maximum absolute atomic E-state index is 15.7. The fourth-order valence-corrected chi connectivity index (χ4v) is 9.12. The summed E-state index contributed by atoms with van der Waals surface area (Å²) >= 11 is 0. The number of rotatable bonds is 9. The van der Waals surface area contributed by atoms with Crippen molar-refractivity contribution < 1.29 is 33.2 Å².